The van der Waals surface area contributed by atoms with Crippen molar-refractivity contribution >= 4 is 33.5 Å². The second-order valence-corrected chi connectivity index (χ2v) is 5.29. The molecule has 0 fully saturated rings. The molecule has 0 radical (unpaired) electrons. The highest BCUT2D eigenvalue weighted by molar-refractivity contribution is 9.10. The van der Waals surface area contributed by atoms with Crippen molar-refractivity contribution in [1.29, 1.82) is 0 Å². The van der Waals surface area contributed by atoms with E-state index in [0.717, 1.165) is 9.37 Å². The van der Waals surface area contributed by atoms with E-state index in [1.165, 1.54) is 18.7 Å². The summed E-state index contributed by atoms with van der Waals surface area (Å²) < 4.78 is 0.753. The van der Waals surface area contributed by atoms with Gasteiger partial charge in [0.2, 0.25) is 0 Å². The standard InChI is InChI=1S/C11H13BrO3S/c1-7(14)10-3-2-9(4-11(10)12)16-6-8(15)5-13/h2-4,8,13,15H,5-6H2,1H3. The van der Waals surface area contributed by atoms with E-state index in [4.69, 9.17) is 5.11 Å². The molecule has 0 aliphatic carbocycles. The summed E-state index contributed by atoms with van der Waals surface area (Å²) in [5.41, 5.74) is 0.645. The Morgan fingerprint density at radius 3 is 2.75 bits per heavy atom. The molecule has 0 spiro atoms. The lowest BCUT2D eigenvalue weighted by molar-refractivity contribution is 0.101. The van der Waals surface area contributed by atoms with Gasteiger partial charge in [-0.3, -0.25) is 4.79 Å². The Morgan fingerprint density at radius 2 is 2.25 bits per heavy atom. The fourth-order valence-corrected chi connectivity index (χ4v) is 2.78. The first-order valence-corrected chi connectivity index (χ1v) is 6.54. The smallest absolute Gasteiger partial charge is 0.160 e. The molecular formula is C11H13BrO3S. The van der Waals surface area contributed by atoms with Gasteiger partial charge in [-0.05, 0) is 25.1 Å². The first kappa shape index (κ1) is 13.7. The molecule has 0 aliphatic heterocycles. The average Bonchev–Trinajstić information content (AvgIpc) is 2.25. The van der Waals surface area contributed by atoms with E-state index in [1.54, 1.807) is 6.07 Å². The number of carbonyl (C=O) groups excluding carboxylic acids is 1. The van der Waals surface area contributed by atoms with Crippen LogP contribution in [0.2, 0.25) is 0 Å². The van der Waals surface area contributed by atoms with Crippen molar-refractivity contribution in [2.75, 3.05) is 12.4 Å². The fraction of sp³-hybridized carbons (Fsp3) is 0.364. The number of benzene rings is 1. The van der Waals surface area contributed by atoms with Crippen LogP contribution in [0.1, 0.15) is 17.3 Å². The molecule has 1 unspecified atom stereocenters. The zero-order valence-electron chi connectivity index (χ0n) is 8.81. The van der Waals surface area contributed by atoms with Crippen LogP contribution in [0.4, 0.5) is 0 Å². The van der Waals surface area contributed by atoms with Crippen molar-refractivity contribution in [3.8, 4) is 0 Å². The number of hydrogen-bond donors (Lipinski definition) is 2. The van der Waals surface area contributed by atoms with Gasteiger partial charge < -0.3 is 10.2 Å². The molecule has 16 heavy (non-hydrogen) atoms. The Hall–Kier alpha value is -0.360. The number of thioether (sulfide) groups is 1. The predicted octanol–water partition coefficient (Wildman–Crippen LogP) is 2.10. The second kappa shape index (κ2) is 6.39. The summed E-state index contributed by atoms with van der Waals surface area (Å²) in [6, 6.07) is 5.42. The lowest BCUT2D eigenvalue weighted by Crippen LogP contribution is -2.14. The topological polar surface area (TPSA) is 57.5 Å². The van der Waals surface area contributed by atoms with Crippen LogP contribution in [0, 0.1) is 0 Å². The van der Waals surface area contributed by atoms with Gasteiger partial charge in [-0.15, -0.1) is 11.8 Å². The maximum atomic E-state index is 11.2. The molecule has 1 aromatic rings. The molecule has 0 aromatic heterocycles. The van der Waals surface area contributed by atoms with Gasteiger partial charge >= 0.3 is 0 Å². The fourth-order valence-electron chi connectivity index (χ4n) is 1.12. The summed E-state index contributed by atoms with van der Waals surface area (Å²) in [6.07, 6.45) is -0.712. The third-order valence-electron chi connectivity index (χ3n) is 1.97. The van der Waals surface area contributed by atoms with Crippen LogP contribution < -0.4 is 0 Å². The zero-order chi connectivity index (χ0) is 12.1. The Morgan fingerprint density at radius 1 is 1.56 bits per heavy atom. The van der Waals surface area contributed by atoms with Crippen LogP contribution in [0.3, 0.4) is 0 Å². The van der Waals surface area contributed by atoms with Gasteiger partial charge in [-0.25, -0.2) is 0 Å². The largest absolute Gasteiger partial charge is 0.394 e. The molecule has 2 N–H and O–H groups in total. The lowest BCUT2D eigenvalue weighted by atomic mass is 10.2. The number of carbonyl (C=O) groups is 1. The number of ketones is 1. The minimum Gasteiger partial charge on any atom is -0.394 e. The molecule has 5 heteroatoms. The first-order valence-electron chi connectivity index (χ1n) is 4.76. The number of Topliss-reactive ketones (excluding diaryl/α,β-unsaturated/α-hetero) is 1. The maximum Gasteiger partial charge on any atom is 0.160 e. The molecule has 0 heterocycles. The molecular weight excluding hydrogens is 292 g/mol. The molecule has 0 saturated carbocycles. The highest BCUT2D eigenvalue weighted by Gasteiger charge is 2.07. The molecule has 0 amide bonds. The quantitative estimate of drug-likeness (QED) is 0.646. The van der Waals surface area contributed by atoms with Gasteiger partial charge in [0.25, 0.3) is 0 Å². The molecule has 0 saturated heterocycles. The van der Waals surface area contributed by atoms with Crippen LogP contribution in [-0.2, 0) is 0 Å². The highest BCUT2D eigenvalue weighted by atomic mass is 79.9. The third kappa shape index (κ3) is 3.90. The van der Waals surface area contributed by atoms with Crippen molar-refractivity contribution in [2.45, 2.75) is 17.9 Å². The molecule has 88 valence electrons. The average molecular weight is 305 g/mol. The van der Waals surface area contributed by atoms with Gasteiger partial charge in [0, 0.05) is 20.7 Å². The van der Waals surface area contributed by atoms with Crippen LogP contribution >= 0.6 is 27.7 Å². The summed E-state index contributed by atoms with van der Waals surface area (Å²) >= 11 is 4.76. The number of rotatable bonds is 5. The first-order chi connectivity index (χ1) is 7.54. The predicted molar refractivity (Wildman–Crippen MR) is 68.0 cm³/mol. The number of hydrogen-bond acceptors (Lipinski definition) is 4. The van der Waals surface area contributed by atoms with Crippen LogP contribution in [0.25, 0.3) is 0 Å². The molecule has 1 atom stereocenters. The number of halogens is 1. The zero-order valence-corrected chi connectivity index (χ0v) is 11.2. The van der Waals surface area contributed by atoms with Gasteiger partial charge in [0.1, 0.15) is 0 Å². The monoisotopic (exact) mass is 304 g/mol. The van der Waals surface area contributed by atoms with E-state index < -0.39 is 6.10 Å². The molecule has 1 aromatic carbocycles. The van der Waals surface area contributed by atoms with E-state index in [1.807, 2.05) is 12.1 Å². The van der Waals surface area contributed by atoms with Crippen LogP contribution in [0.15, 0.2) is 27.6 Å². The second-order valence-electron chi connectivity index (χ2n) is 3.35. The SMILES string of the molecule is CC(=O)c1ccc(SCC(O)CO)cc1Br. The molecule has 3 nitrogen and oxygen atoms in total. The highest BCUT2D eigenvalue weighted by Crippen LogP contribution is 2.26. The van der Waals surface area contributed by atoms with Gasteiger partial charge in [-0.1, -0.05) is 15.9 Å². The number of aliphatic hydroxyl groups excluding tert-OH is 2. The van der Waals surface area contributed by atoms with Crippen LogP contribution in [-0.4, -0.2) is 34.5 Å². The molecule has 0 bridgehead atoms. The third-order valence-corrected chi connectivity index (χ3v) is 3.77. The van der Waals surface area contributed by atoms with Crippen molar-refractivity contribution < 1.29 is 15.0 Å². The van der Waals surface area contributed by atoms with E-state index >= 15 is 0 Å². The summed E-state index contributed by atoms with van der Waals surface area (Å²) in [4.78, 5) is 12.1. The van der Waals surface area contributed by atoms with Gasteiger partial charge in [0.05, 0.1) is 12.7 Å². The van der Waals surface area contributed by atoms with E-state index in [0.29, 0.717) is 11.3 Å². The van der Waals surface area contributed by atoms with E-state index in [2.05, 4.69) is 15.9 Å². The maximum absolute atomic E-state index is 11.2. The summed E-state index contributed by atoms with van der Waals surface area (Å²) in [7, 11) is 0. The number of aliphatic hydroxyl groups is 2. The molecule has 1 rings (SSSR count). The van der Waals surface area contributed by atoms with Crippen molar-refractivity contribution in [2.24, 2.45) is 0 Å². The van der Waals surface area contributed by atoms with E-state index in [9.17, 15) is 9.90 Å². The normalized spacial score (nSPS) is 12.5. The van der Waals surface area contributed by atoms with E-state index in [-0.39, 0.29) is 12.4 Å². The van der Waals surface area contributed by atoms with Crippen molar-refractivity contribution in [3.63, 3.8) is 0 Å². The Kier molecular flexibility index (Phi) is 5.48. The summed E-state index contributed by atoms with van der Waals surface area (Å²) in [5, 5.41) is 17.9. The minimum absolute atomic E-state index is 0.0128. The Bertz CT molecular complexity index is 381. The van der Waals surface area contributed by atoms with Gasteiger partial charge in [-0.2, -0.15) is 0 Å². The van der Waals surface area contributed by atoms with Crippen molar-refractivity contribution in [1.82, 2.24) is 0 Å². The van der Waals surface area contributed by atoms with Crippen LogP contribution in [0.5, 0.6) is 0 Å². The van der Waals surface area contributed by atoms with Crippen molar-refractivity contribution in [3.05, 3.63) is 28.2 Å². The molecule has 0 aliphatic rings. The Labute approximate surface area is 107 Å². The van der Waals surface area contributed by atoms with Gasteiger partial charge in [0.15, 0.2) is 5.78 Å². The Balaban J connectivity index is 2.70. The summed E-state index contributed by atoms with van der Waals surface area (Å²) in [6.45, 7) is 1.28. The summed E-state index contributed by atoms with van der Waals surface area (Å²) in [5.74, 6) is 0.446. The minimum atomic E-state index is -0.712. The lowest BCUT2D eigenvalue weighted by Gasteiger charge is -2.08.